The van der Waals surface area contributed by atoms with Crippen LogP contribution < -0.4 is 14.8 Å². The molecular weight excluding hydrogens is 411 g/mol. The highest BCUT2D eigenvalue weighted by Crippen LogP contribution is 2.33. The number of fused-ring (bicyclic) bond motifs is 1. The van der Waals surface area contributed by atoms with Gasteiger partial charge in [-0.15, -0.1) is 0 Å². The molecule has 0 fully saturated rings. The minimum absolute atomic E-state index is 0.186. The molecule has 0 saturated carbocycles. The topological polar surface area (TPSA) is 79.5 Å². The fourth-order valence-corrected chi connectivity index (χ4v) is 3.66. The fraction of sp³-hybridized carbons (Fsp3) is 0.333. The standard InChI is InChI=1S/C24H27FN4O3/c1-29(2)8-3-9-31-23-12-16(19-13-26-27-14-19)4-6-21(23)28-24(30)18-10-17-11-20(25)5-7-22(17)32-15-18/h4-7,11-14,18H,3,8-10,15H2,1-2H3,(H,26,27)(H,28,30). The summed E-state index contributed by atoms with van der Waals surface area (Å²) in [6.07, 6.45) is 4.82. The zero-order chi connectivity index (χ0) is 22.5. The smallest absolute Gasteiger partial charge is 0.231 e. The molecule has 0 radical (unpaired) electrons. The number of H-pyrrole nitrogens is 1. The number of rotatable bonds is 8. The average Bonchev–Trinajstić information content (AvgIpc) is 3.32. The lowest BCUT2D eigenvalue weighted by atomic mass is 9.95. The first-order chi connectivity index (χ1) is 15.5. The van der Waals surface area contributed by atoms with E-state index in [4.69, 9.17) is 9.47 Å². The number of nitrogens with one attached hydrogen (secondary N) is 2. The van der Waals surface area contributed by atoms with Crippen LogP contribution in [0.2, 0.25) is 0 Å². The molecule has 0 aliphatic carbocycles. The van der Waals surface area contributed by atoms with Gasteiger partial charge in [-0.1, -0.05) is 6.07 Å². The number of halogens is 1. The Hall–Kier alpha value is -3.39. The van der Waals surface area contributed by atoms with E-state index in [1.54, 1.807) is 18.5 Å². The second-order valence-corrected chi connectivity index (χ2v) is 8.16. The van der Waals surface area contributed by atoms with E-state index in [-0.39, 0.29) is 18.3 Å². The minimum Gasteiger partial charge on any atom is -0.492 e. The molecule has 1 unspecified atom stereocenters. The van der Waals surface area contributed by atoms with E-state index in [2.05, 4.69) is 20.4 Å². The Bertz CT molecular complexity index is 1070. The third-order valence-corrected chi connectivity index (χ3v) is 5.38. The summed E-state index contributed by atoms with van der Waals surface area (Å²) in [5, 5.41) is 9.78. The SMILES string of the molecule is CN(C)CCCOc1cc(-c2cn[nH]c2)ccc1NC(=O)C1COc2ccc(F)cc2C1. The molecule has 8 heteroatoms. The van der Waals surface area contributed by atoms with Crippen molar-refractivity contribution in [2.24, 2.45) is 5.92 Å². The predicted octanol–water partition coefficient (Wildman–Crippen LogP) is 3.74. The molecule has 1 aliphatic heterocycles. The Morgan fingerprint density at radius 3 is 2.94 bits per heavy atom. The van der Waals surface area contributed by atoms with E-state index < -0.39 is 5.92 Å². The molecule has 1 atom stereocenters. The largest absolute Gasteiger partial charge is 0.492 e. The summed E-state index contributed by atoms with van der Waals surface area (Å²) >= 11 is 0. The number of aromatic amines is 1. The molecule has 2 N–H and O–H groups in total. The Balaban J connectivity index is 1.49. The first-order valence-electron chi connectivity index (χ1n) is 10.6. The quantitative estimate of drug-likeness (QED) is 0.524. The number of hydrogen-bond acceptors (Lipinski definition) is 5. The van der Waals surface area contributed by atoms with Crippen LogP contribution in [0.15, 0.2) is 48.8 Å². The van der Waals surface area contributed by atoms with Gasteiger partial charge < -0.3 is 19.7 Å². The molecule has 1 aliphatic rings. The van der Waals surface area contributed by atoms with Crippen molar-refractivity contribution in [3.63, 3.8) is 0 Å². The van der Waals surface area contributed by atoms with Crippen LogP contribution in [0, 0.1) is 11.7 Å². The molecule has 2 aromatic carbocycles. The maximum Gasteiger partial charge on any atom is 0.231 e. The molecule has 3 aromatic rings. The number of carbonyl (C=O) groups excluding carboxylic acids is 1. The number of amides is 1. The predicted molar refractivity (Wildman–Crippen MR) is 120 cm³/mol. The summed E-state index contributed by atoms with van der Waals surface area (Å²) in [6.45, 7) is 1.67. The Morgan fingerprint density at radius 1 is 1.28 bits per heavy atom. The Kier molecular flexibility index (Phi) is 6.70. The van der Waals surface area contributed by atoms with Gasteiger partial charge in [-0.05, 0) is 68.4 Å². The molecule has 4 rings (SSSR count). The highest BCUT2D eigenvalue weighted by atomic mass is 19.1. The van der Waals surface area contributed by atoms with E-state index in [0.717, 1.165) is 24.1 Å². The number of benzene rings is 2. The maximum atomic E-state index is 13.6. The van der Waals surface area contributed by atoms with Crippen molar-refractivity contribution in [1.29, 1.82) is 0 Å². The van der Waals surface area contributed by atoms with E-state index in [1.807, 2.05) is 32.3 Å². The van der Waals surface area contributed by atoms with Crippen molar-refractivity contribution in [2.75, 3.05) is 39.2 Å². The first kappa shape index (κ1) is 21.8. The summed E-state index contributed by atoms with van der Waals surface area (Å²) < 4.78 is 25.3. The minimum atomic E-state index is -0.417. The molecule has 0 spiro atoms. The van der Waals surface area contributed by atoms with E-state index in [1.165, 1.54) is 12.1 Å². The number of carbonyl (C=O) groups is 1. The van der Waals surface area contributed by atoms with Crippen molar-refractivity contribution in [2.45, 2.75) is 12.8 Å². The van der Waals surface area contributed by atoms with Gasteiger partial charge in [-0.2, -0.15) is 5.10 Å². The summed E-state index contributed by atoms with van der Waals surface area (Å²) in [5.74, 6) is 0.286. The summed E-state index contributed by atoms with van der Waals surface area (Å²) in [4.78, 5) is 15.1. The van der Waals surface area contributed by atoms with Gasteiger partial charge in [0.2, 0.25) is 5.91 Å². The summed E-state index contributed by atoms with van der Waals surface area (Å²) in [7, 11) is 4.03. The van der Waals surface area contributed by atoms with Gasteiger partial charge >= 0.3 is 0 Å². The maximum absolute atomic E-state index is 13.6. The van der Waals surface area contributed by atoms with Gasteiger partial charge in [0.05, 0.1) is 24.4 Å². The van der Waals surface area contributed by atoms with Crippen LogP contribution in [0.1, 0.15) is 12.0 Å². The number of anilines is 1. The van der Waals surface area contributed by atoms with Gasteiger partial charge in [0.15, 0.2) is 0 Å². The second-order valence-electron chi connectivity index (χ2n) is 8.16. The summed E-state index contributed by atoms with van der Waals surface area (Å²) in [5.41, 5.74) is 3.16. The third kappa shape index (κ3) is 5.26. The molecular formula is C24H27FN4O3. The van der Waals surface area contributed by atoms with E-state index in [9.17, 15) is 9.18 Å². The highest BCUT2D eigenvalue weighted by molar-refractivity contribution is 5.95. The lowest BCUT2D eigenvalue weighted by molar-refractivity contribution is -0.121. The van der Waals surface area contributed by atoms with Crippen molar-refractivity contribution in [3.05, 3.63) is 60.2 Å². The monoisotopic (exact) mass is 438 g/mol. The number of nitrogens with zero attached hydrogens (tertiary/aromatic N) is 2. The molecule has 1 aromatic heterocycles. The zero-order valence-corrected chi connectivity index (χ0v) is 18.2. The number of hydrogen-bond donors (Lipinski definition) is 2. The molecule has 2 heterocycles. The molecule has 7 nitrogen and oxygen atoms in total. The van der Waals surface area contributed by atoms with Crippen molar-refractivity contribution in [3.8, 4) is 22.6 Å². The third-order valence-electron chi connectivity index (χ3n) is 5.38. The van der Waals surface area contributed by atoms with Crippen LogP contribution in [0.5, 0.6) is 11.5 Å². The highest BCUT2D eigenvalue weighted by Gasteiger charge is 2.27. The van der Waals surface area contributed by atoms with Crippen LogP contribution in [-0.2, 0) is 11.2 Å². The van der Waals surface area contributed by atoms with E-state index >= 15 is 0 Å². The lowest BCUT2D eigenvalue weighted by Crippen LogP contribution is -2.32. The normalized spacial score (nSPS) is 15.2. The average molecular weight is 439 g/mol. The van der Waals surface area contributed by atoms with Crippen molar-refractivity contribution in [1.82, 2.24) is 15.1 Å². The van der Waals surface area contributed by atoms with Gasteiger partial charge in [-0.3, -0.25) is 9.89 Å². The van der Waals surface area contributed by atoms with Crippen LogP contribution in [-0.4, -0.2) is 54.9 Å². The van der Waals surface area contributed by atoms with Gasteiger partial charge in [0.1, 0.15) is 23.9 Å². The fourth-order valence-electron chi connectivity index (χ4n) is 3.66. The van der Waals surface area contributed by atoms with Gasteiger partial charge in [0.25, 0.3) is 0 Å². The van der Waals surface area contributed by atoms with Crippen molar-refractivity contribution >= 4 is 11.6 Å². The number of aromatic nitrogens is 2. The molecule has 0 saturated heterocycles. The van der Waals surface area contributed by atoms with Crippen LogP contribution in [0.3, 0.4) is 0 Å². The zero-order valence-electron chi connectivity index (χ0n) is 18.2. The van der Waals surface area contributed by atoms with Gasteiger partial charge in [0, 0.05) is 18.3 Å². The molecule has 32 heavy (non-hydrogen) atoms. The van der Waals surface area contributed by atoms with E-state index in [0.29, 0.717) is 35.8 Å². The Labute approximate surface area is 186 Å². The van der Waals surface area contributed by atoms with Gasteiger partial charge in [-0.25, -0.2) is 4.39 Å². The Morgan fingerprint density at radius 2 is 2.16 bits per heavy atom. The second kappa shape index (κ2) is 9.82. The van der Waals surface area contributed by atoms with Crippen LogP contribution in [0.4, 0.5) is 10.1 Å². The van der Waals surface area contributed by atoms with Crippen LogP contribution in [0.25, 0.3) is 11.1 Å². The molecule has 168 valence electrons. The molecule has 0 bridgehead atoms. The lowest BCUT2D eigenvalue weighted by Gasteiger charge is -2.25. The number of ether oxygens (including phenoxy) is 2. The molecule has 1 amide bonds. The first-order valence-corrected chi connectivity index (χ1v) is 10.6. The van der Waals surface area contributed by atoms with Crippen molar-refractivity contribution < 1.29 is 18.7 Å². The summed E-state index contributed by atoms with van der Waals surface area (Å²) in [6, 6.07) is 10.0. The van der Waals surface area contributed by atoms with Crippen LogP contribution >= 0.6 is 0 Å².